The molecule has 6 fully saturated rings. The molecule has 7 rings (SSSR count). The molecule has 6 saturated carbocycles. The Morgan fingerprint density at radius 3 is 1.70 bits per heavy atom. The van der Waals surface area contributed by atoms with Crippen LogP contribution in [0.15, 0.2) is 30.3 Å². The summed E-state index contributed by atoms with van der Waals surface area (Å²) in [5.74, 6) is 3.27. The molecule has 0 saturated heterocycles. The fourth-order valence-electron chi connectivity index (χ4n) is 7.81. The van der Waals surface area contributed by atoms with Gasteiger partial charge in [0.15, 0.2) is 5.78 Å². The number of hydrogen-bond donors (Lipinski definition) is 2. The number of carbonyl (C=O) groups is 1. The molecule has 0 amide bonds. The van der Waals surface area contributed by atoms with Gasteiger partial charge < -0.3 is 10.2 Å². The van der Waals surface area contributed by atoms with E-state index < -0.39 is 0 Å². The fraction of sp³-hybridized carbons (Fsp3) is 0.750. The first-order valence-corrected chi connectivity index (χ1v) is 14.7. The average Bonchev–Trinajstić information content (AvgIpc) is 2.83. The van der Waals surface area contributed by atoms with Crippen LogP contribution in [0.4, 0.5) is 0 Å². The third-order valence-corrected chi connectivity index (χ3v) is 13.8. The number of hydrogen-bond acceptors (Lipinski definition) is 5. The number of rotatable bonds is 8. The first kappa shape index (κ1) is 24.2. The van der Waals surface area contributed by atoms with E-state index in [-0.39, 0.29) is 35.4 Å². The van der Waals surface area contributed by atoms with Crippen LogP contribution < -0.4 is 0 Å². The lowest BCUT2D eigenvalue weighted by Crippen LogP contribution is -2.58. The summed E-state index contributed by atoms with van der Waals surface area (Å²) in [5, 5.41) is 21.3. The molecule has 0 radical (unpaired) electrons. The zero-order valence-corrected chi connectivity index (χ0v) is 22.1. The van der Waals surface area contributed by atoms with Gasteiger partial charge in [-0.25, -0.2) is 0 Å². The number of benzene rings is 1. The Labute approximate surface area is 207 Å². The Morgan fingerprint density at radius 2 is 1.30 bits per heavy atom. The molecular weight excluding hydrogens is 448 g/mol. The van der Waals surface area contributed by atoms with E-state index in [0.29, 0.717) is 45.0 Å². The molecule has 1 aromatic rings. The minimum atomic E-state index is -0.174. The van der Waals surface area contributed by atoms with Crippen LogP contribution >= 0.6 is 23.5 Å². The van der Waals surface area contributed by atoms with E-state index in [9.17, 15) is 15.0 Å². The number of carbonyl (C=O) groups excluding carboxylic acids is 1. The van der Waals surface area contributed by atoms with E-state index in [1.54, 1.807) is 0 Å². The highest BCUT2D eigenvalue weighted by molar-refractivity contribution is 8.18. The van der Waals surface area contributed by atoms with Crippen molar-refractivity contribution in [3.05, 3.63) is 35.9 Å². The van der Waals surface area contributed by atoms with Gasteiger partial charge in [0.05, 0.1) is 0 Å². The minimum absolute atomic E-state index is 0.174. The second-order valence-electron chi connectivity index (χ2n) is 12.3. The minimum Gasteiger partial charge on any atom is -0.396 e. The molecule has 2 N–H and O–H groups in total. The van der Waals surface area contributed by atoms with Gasteiger partial charge in [-0.15, -0.1) is 23.5 Å². The number of aliphatic hydroxyl groups is 2. The van der Waals surface area contributed by atoms with Crippen molar-refractivity contribution in [2.75, 3.05) is 13.2 Å². The van der Waals surface area contributed by atoms with Crippen LogP contribution in [-0.2, 0) is 0 Å². The van der Waals surface area contributed by atoms with Gasteiger partial charge in [0.2, 0.25) is 0 Å². The fourth-order valence-corrected chi connectivity index (χ4v) is 11.7. The summed E-state index contributed by atoms with van der Waals surface area (Å²) < 4.78 is -0.174. The highest BCUT2D eigenvalue weighted by atomic mass is 32.2. The van der Waals surface area contributed by atoms with Gasteiger partial charge in [-0.2, -0.15) is 0 Å². The Kier molecular flexibility index (Phi) is 6.51. The molecule has 6 aliphatic carbocycles. The van der Waals surface area contributed by atoms with Crippen LogP contribution in [0.1, 0.15) is 63.7 Å². The third-order valence-electron chi connectivity index (χ3n) is 10.4. The molecule has 0 aliphatic heterocycles. The topological polar surface area (TPSA) is 57.5 Å². The summed E-state index contributed by atoms with van der Waals surface area (Å²) in [6, 6.07) is 9.73. The molecule has 4 bridgehead atoms. The summed E-state index contributed by atoms with van der Waals surface area (Å²) in [7, 11) is 0. The van der Waals surface area contributed by atoms with Crippen molar-refractivity contribution in [2.45, 2.75) is 68.5 Å². The zero-order valence-electron chi connectivity index (χ0n) is 20.4. The monoisotopic (exact) mass is 488 g/mol. The van der Waals surface area contributed by atoms with Gasteiger partial charge >= 0.3 is 0 Å². The van der Waals surface area contributed by atoms with Gasteiger partial charge in [-0.05, 0) is 72.0 Å². The largest absolute Gasteiger partial charge is 0.396 e. The zero-order chi connectivity index (χ0) is 23.5. The van der Waals surface area contributed by atoms with E-state index >= 15 is 0 Å². The molecule has 8 atom stereocenters. The molecular formula is C28H40O3S2. The molecule has 0 unspecified atom stereocenters. The van der Waals surface area contributed by atoms with Gasteiger partial charge in [-0.1, -0.05) is 58.0 Å². The van der Waals surface area contributed by atoms with Gasteiger partial charge in [-0.3, -0.25) is 4.79 Å². The first-order chi connectivity index (χ1) is 15.7. The molecule has 0 heterocycles. The predicted molar refractivity (Wildman–Crippen MR) is 138 cm³/mol. The molecule has 0 spiro atoms. The van der Waals surface area contributed by atoms with Gasteiger partial charge in [0.1, 0.15) is 4.58 Å². The van der Waals surface area contributed by atoms with Crippen LogP contribution in [0.25, 0.3) is 0 Å². The molecule has 33 heavy (non-hydrogen) atoms. The lowest BCUT2D eigenvalue weighted by atomic mass is 9.45. The van der Waals surface area contributed by atoms with Crippen molar-refractivity contribution in [1.29, 1.82) is 0 Å². The van der Waals surface area contributed by atoms with Crippen LogP contribution in [-0.4, -0.2) is 44.3 Å². The highest BCUT2D eigenvalue weighted by Crippen LogP contribution is 2.66. The molecule has 1 aromatic carbocycles. The molecule has 182 valence electrons. The summed E-state index contributed by atoms with van der Waals surface area (Å²) in [6.07, 6.45) is 4.66. The summed E-state index contributed by atoms with van der Waals surface area (Å²) in [5.41, 5.74) is 1.41. The third kappa shape index (κ3) is 3.93. The predicted octanol–water partition coefficient (Wildman–Crippen LogP) is 5.75. The Bertz CT molecular complexity index is 823. The van der Waals surface area contributed by atoms with Crippen molar-refractivity contribution in [3.63, 3.8) is 0 Å². The second-order valence-corrected chi connectivity index (χ2v) is 15.3. The average molecular weight is 489 g/mol. The molecule has 3 nitrogen and oxygen atoms in total. The standard InChI is InChI=1S/C28H40O3S2/c1-27(2)17-10-21(27)19(14-29)23(12-17)32-26(25(31)16-8-6-5-7-9-16)33-24-13-18-11-22(20(24)15-30)28(18,3)4/h5-9,17-24,26,29-30H,10-15H2,1-4H3/t17-,18-,19+,20+,21+,22+,23+,24+/m1/s1. The van der Waals surface area contributed by atoms with Crippen LogP contribution in [0, 0.1) is 46.3 Å². The van der Waals surface area contributed by atoms with Crippen molar-refractivity contribution in [3.8, 4) is 0 Å². The Morgan fingerprint density at radius 1 is 0.848 bits per heavy atom. The van der Waals surface area contributed by atoms with E-state index in [2.05, 4.69) is 27.7 Å². The maximum absolute atomic E-state index is 13.8. The normalized spacial score (nSPS) is 40.1. The van der Waals surface area contributed by atoms with Crippen LogP contribution in [0.5, 0.6) is 0 Å². The smallest absolute Gasteiger partial charge is 0.185 e. The van der Waals surface area contributed by atoms with E-state index in [1.807, 2.05) is 53.9 Å². The van der Waals surface area contributed by atoms with Crippen molar-refractivity contribution in [2.24, 2.45) is 46.3 Å². The van der Waals surface area contributed by atoms with Gasteiger partial charge in [0, 0.05) is 29.3 Å². The number of fused-ring (bicyclic) bond motifs is 4. The lowest BCUT2D eigenvalue weighted by Gasteiger charge is -2.63. The Hall–Kier alpha value is -0.490. The molecule has 5 heteroatoms. The van der Waals surface area contributed by atoms with Gasteiger partial charge in [0.25, 0.3) is 0 Å². The van der Waals surface area contributed by atoms with Crippen LogP contribution in [0.2, 0.25) is 0 Å². The molecule has 6 aliphatic rings. The quantitative estimate of drug-likeness (QED) is 0.360. The SMILES string of the molecule is CC1(C)[C@H]2C[C@H](SC(S[C@H]3C[C@H]4C[C@@H]([C@@H]3CO)C4(C)C)C(=O)c3ccccc3)[C@@H](CO)[C@@H]1C2. The van der Waals surface area contributed by atoms with Crippen LogP contribution in [0.3, 0.4) is 0 Å². The van der Waals surface area contributed by atoms with Crippen molar-refractivity contribution < 1.29 is 15.0 Å². The van der Waals surface area contributed by atoms with Crippen molar-refractivity contribution >= 4 is 29.3 Å². The highest BCUT2D eigenvalue weighted by Gasteiger charge is 2.59. The summed E-state index contributed by atoms with van der Waals surface area (Å²) >= 11 is 3.66. The number of thioether (sulfide) groups is 2. The Balaban J connectivity index is 1.37. The summed E-state index contributed by atoms with van der Waals surface area (Å²) in [6.45, 7) is 9.88. The second kappa shape index (κ2) is 8.87. The van der Waals surface area contributed by atoms with E-state index in [4.69, 9.17) is 0 Å². The number of ketones is 1. The summed E-state index contributed by atoms with van der Waals surface area (Å²) in [4.78, 5) is 13.8. The lowest BCUT2D eigenvalue weighted by molar-refractivity contribution is -0.113. The van der Waals surface area contributed by atoms with E-state index in [0.717, 1.165) is 18.4 Å². The maximum Gasteiger partial charge on any atom is 0.185 e. The van der Waals surface area contributed by atoms with Crippen molar-refractivity contribution in [1.82, 2.24) is 0 Å². The number of Topliss-reactive ketones (excluding diaryl/α,β-unsaturated/α-hetero) is 1. The first-order valence-electron chi connectivity index (χ1n) is 12.8. The maximum atomic E-state index is 13.8. The number of aliphatic hydroxyl groups excluding tert-OH is 2. The molecule has 0 aromatic heterocycles. The van der Waals surface area contributed by atoms with E-state index in [1.165, 1.54) is 12.8 Å².